The first-order valence-electron chi connectivity index (χ1n) is 9.78. The molecular weight excluding hydrogens is 398 g/mol. The minimum Gasteiger partial charge on any atom is -0.385 e. The van der Waals surface area contributed by atoms with Crippen molar-refractivity contribution in [2.45, 2.75) is 20.3 Å². The van der Waals surface area contributed by atoms with E-state index in [4.69, 9.17) is 4.74 Å². The lowest BCUT2D eigenvalue weighted by molar-refractivity contribution is -0.122. The molecule has 4 rings (SSSR count). The van der Waals surface area contributed by atoms with E-state index in [0.29, 0.717) is 24.5 Å². The molecule has 0 N–H and O–H groups in total. The molecular formula is C23H23N3O3S. The standard InChI is InChI=1S/C23H23N3O3S/c1-15-12-18(14-21-22(27)25(23(28)30-21)10-5-11-29-3)16(2)26(15)19-7-8-20-17(13-19)6-4-9-24-20/h4,6-9,12-14H,5,10-11H2,1-3H3/b21-14+. The summed E-state index contributed by atoms with van der Waals surface area (Å²) in [4.78, 5) is 31.1. The van der Waals surface area contributed by atoms with E-state index < -0.39 is 0 Å². The third kappa shape index (κ3) is 3.78. The van der Waals surface area contributed by atoms with Gasteiger partial charge in [0.2, 0.25) is 0 Å². The van der Waals surface area contributed by atoms with Gasteiger partial charge in [0.05, 0.1) is 10.4 Å². The summed E-state index contributed by atoms with van der Waals surface area (Å²) in [5.41, 5.74) is 4.99. The minimum atomic E-state index is -0.234. The Kier molecular flexibility index (Phi) is 5.74. The minimum absolute atomic E-state index is 0.224. The molecule has 0 atom stereocenters. The van der Waals surface area contributed by atoms with Gasteiger partial charge in [0.1, 0.15) is 0 Å². The summed E-state index contributed by atoms with van der Waals surface area (Å²) in [6.07, 6.45) is 4.24. The zero-order valence-corrected chi connectivity index (χ0v) is 18.0. The van der Waals surface area contributed by atoms with E-state index in [2.05, 4.69) is 15.6 Å². The third-order valence-corrected chi connectivity index (χ3v) is 6.11. The lowest BCUT2D eigenvalue weighted by atomic mass is 10.2. The molecule has 1 fully saturated rings. The van der Waals surface area contributed by atoms with Crippen molar-refractivity contribution in [3.63, 3.8) is 0 Å². The summed E-state index contributed by atoms with van der Waals surface area (Å²) in [7, 11) is 1.61. The smallest absolute Gasteiger partial charge is 0.293 e. The third-order valence-electron chi connectivity index (χ3n) is 5.21. The molecule has 0 bridgehead atoms. The molecule has 0 radical (unpaired) electrons. The van der Waals surface area contributed by atoms with Gasteiger partial charge in [0.15, 0.2) is 0 Å². The van der Waals surface area contributed by atoms with Gasteiger partial charge < -0.3 is 9.30 Å². The van der Waals surface area contributed by atoms with E-state index in [1.807, 2.05) is 50.3 Å². The van der Waals surface area contributed by atoms with Gasteiger partial charge in [0, 0.05) is 48.9 Å². The molecule has 0 saturated carbocycles. The maximum atomic E-state index is 12.7. The zero-order valence-electron chi connectivity index (χ0n) is 17.2. The number of hydrogen-bond acceptors (Lipinski definition) is 5. The van der Waals surface area contributed by atoms with E-state index in [1.165, 1.54) is 4.90 Å². The predicted octanol–water partition coefficient (Wildman–Crippen LogP) is 4.72. The number of ether oxygens (including phenoxy) is 1. The molecule has 2 amide bonds. The number of aromatic nitrogens is 2. The lowest BCUT2D eigenvalue weighted by Crippen LogP contribution is -2.29. The molecule has 1 aromatic carbocycles. The highest BCUT2D eigenvalue weighted by atomic mass is 32.2. The van der Waals surface area contributed by atoms with Gasteiger partial charge in [-0.3, -0.25) is 19.5 Å². The molecule has 7 heteroatoms. The van der Waals surface area contributed by atoms with Crippen molar-refractivity contribution in [3.8, 4) is 5.69 Å². The van der Waals surface area contributed by atoms with E-state index in [0.717, 1.165) is 45.3 Å². The van der Waals surface area contributed by atoms with Crippen LogP contribution in [0.25, 0.3) is 22.7 Å². The van der Waals surface area contributed by atoms with Crippen LogP contribution in [0.3, 0.4) is 0 Å². The van der Waals surface area contributed by atoms with Crippen LogP contribution in [0.5, 0.6) is 0 Å². The van der Waals surface area contributed by atoms with E-state index in [-0.39, 0.29) is 11.1 Å². The van der Waals surface area contributed by atoms with Crippen molar-refractivity contribution in [3.05, 3.63) is 64.5 Å². The number of fused-ring (bicyclic) bond motifs is 1. The number of carbonyl (C=O) groups excluding carboxylic acids is 2. The van der Waals surface area contributed by atoms with Crippen LogP contribution in [-0.4, -0.2) is 45.9 Å². The number of rotatable bonds is 6. The Balaban J connectivity index is 1.65. The number of hydrogen-bond donors (Lipinski definition) is 0. The summed E-state index contributed by atoms with van der Waals surface area (Å²) in [5, 5.41) is 0.847. The molecule has 3 aromatic rings. The number of carbonyl (C=O) groups is 2. The summed E-state index contributed by atoms with van der Waals surface area (Å²) in [6, 6.07) is 12.2. The van der Waals surface area contributed by atoms with Crippen LogP contribution in [-0.2, 0) is 9.53 Å². The summed E-state index contributed by atoms with van der Waals surface area (Å²) in [5.74, 6) is -0.234. The normalized spacial score (nSPS) is 15.7. The van der Waals surface area contributed by atoms with Gasteiger partial charge in [-0.1, -0.05) is 6.07 Å². The average Bonchev–Trinajstić information content (AvgIpc) is 3.17. The molecule has 0 unspecified atom stereocenters. The van der Waals surface area contributed by atoms with Crippen LogP contribution in [0.15, 0.2) is 47.5 Å². The Hall–Kier alpha value is -2.90. The molecule has 2 aromatic heterocycles. The van der Waals surface area contributed by atoms with Gasteiger partial charge in [-0.05, 0) is 74.0 Å². The predicted molar refractivity (Wildman–Crippen MR) is 120 cm³/mol. The fourth-order valence-corrected chi connectivity index (χ4v) is 4.59. The molecule has 0 aliphatic carbocycles. The SMILES string of the molecule is COCCCN1C(=O)S/C(=C/c2cc(C)n(-c3ccc4ncccc4c3)c2C)C1=O. The first kappa shape index (κ1) is 20.4. The van der Waals surface area contributed by atoms with E-state index in [9.17, 15) is 9.59 Å². The molecule has 1 saturated heterocycles. The second-order valence-corrected chi connectivity index (χ2v) is 8.22. The van der Waals surface area contributed by atoms with Crippen molar-refractivity contribution in [2.75, 3.05) is 20.3 Å². The number of amides is 2. The summed E-state index contributed by atoms with van der Waals surface area (Å²) in [6.45, 7) is 4.95. The molecule has 0 spiro atoms. The van der Waals surface area contributed by atoms with Crippen LogP contribution in [0.1, 0.15) is 23.4 Å². The maximum absolute atomic E-state index is 12.7. The van der Waals surface area contributed by atoms with Crippen LogP contribution < -0.4 is 0 Å². The molecule has 1 aliphatic heterocycles. The van der Waals surface area contributed by atoms with Crippen LogP contribution in [0.2, 0.25) is 0 Å². The van der Waals surface area contributed by atoms with E-state index >= 15 is 0 Å². The second-order valence-electron chi connectivity index (χ2n) is 7.22. The van der Waals surface area contributed by atoms with Crippen LogP contribution >= 0.6 is 11.8 Å². The average molecular weight is 422 g/mol. The largest absolute Gasteiger partial charge is 0.385 e. The van der Waals surface area contributed by atoms with Gasteiger partial charge in [-0.2, -0.15) is 0 Å². The summed E-state index contributed by atoms with van der Waals surface area (Å²) >= 11 is 0.996. The molecule has 3 heterocycles. The fraction of sp³-hybridized carbons (Fsp3) is 0.261. The number of imide groups is 1. The van der Waals surface area contributed by atoms with Crippen molar-refractivity contribution in [2.24, 2.45) is 0 Å². The van der Waals surface area contributed by atoms with Crippen molar-refractivity contribution >= 4 is 39.9 Å². The highest BCUT2D eigenvalue weighted by Crippen LogP contribution is 2.34. The molecule has 6 nitrogen and oxygen atoms in total. The maximum Gasteiger partial charge on any atom is 0.293 e. The molecule has 1 aliphatic rings. The monoisotopic (exact) mass is 421 g/mol. The second kappa shape index (κ2) is 8.45. The molecule has 154 valence electrons. The first-order chi connectivity index (χ1) is 14.5. The molecule has 30 heavy (non-hydrogen) atoms. The number of thioether (sulfide) groups is 1. The van der Waals surface area contributed by atoms with Crippen molar-refractivity contribution in [1.29, 1.82) is 0 Å². The highest BCUT2D eigenvalue weighted by Gasteiger charge is 2.34. The van der Waals surface area contributed by atoms with Gasteiger partial charge in [0.25, 0.3) is 11.1 Å². The Morgan fingerprint density at radius 3 is 2.80 bits per heavy atom. The first-order valence-corrected chi connectivity index (χ1v) is 10.6. The number of methoxy groups -OCH3 is 1. The summed E-state index contributed by atoms with van der Waals surface area (Å²) < 4.78 is 7.17. The van der Waals surface area contributed by atoms with E-state index in [1.54, 1.807) is 13.3 Å². The Morgan fingerprint density at radius 1 is 1.17 bits per heavy atom. The lowest BCUT2D eigenvalue weighted by Gasteiger charge is -2.11. The quantitative estimate of drug-likeness (QED) is 0.426. The zero-order chi connectivity index (χ0) is 21.3. The highest BCUT2D eigenvalue weighted by molar-refractivity contribution is 8.18. The van der Waals surface area contributed by atoms with Gasteiger partial charge in [-0.25, -0.2) is 0 Å². The van der Waals surface area contributed by atoms with Crippen LogP contribution in [0, 0.1) is 13.8 Å². The fourth-order valence-electron chi connectivity index (χ4n) is 3.73. The number of pyridine rings is 1. The van der Waals surface area contributed by atoms with Crippen molar-refractivity contribution < 1.29 is 14.3 Å². The Labute approximate surface area is 179 Å². The van der Waals surface area contributed by atoms with Gasteiger partial charge >= 0.3 is 0 Å². The van der Waals surface area contributed by atoms with Crippen molar-refractivity contribution in [1.82, 2.24) is 14.5 Å². The Morgan fingerprint density at radius 2 is 2.00 bits per heavy atom. The number of benzene rings is 1. The Bertz CT molecular complexity index is 1170. The number of nitrogens with zero attached hydrogens (tertiary/aromatic N) is 3. The number of aryl methyl sites for hydroxylation is 1. The van der Waals surface area contributed by atoms with Crippen LogP contribution in [0.4, 0.5) is 4.79 Å². The van der Waals surface area contributed by atoms with Gasteiger partial charge in [-0.15, -0.1) is 0 Å². The topological polar surface area (TPSA) is 64.4 Å².